The van der Waals surface area contributed by atoms with Crippen LogP contribution in [-0.2, 0) is 53.9 Å². The molecule has 46 heavy (non-hydrogen) atoms. The summed E-state index contributed by atoms with van der Waals surface area (Å²) in [6.45, 7) is 6.10. The number of aryl methyl sites for hydroxylation is 3. The minimum absolute atomic E-state index is 0. The van der Waals surface area contributed by atoms with E-state index in [0.717, 1.165) is 4.80 Å². The number of tetrazole rings is 4. The summed E-state index contributed by atoms with van der Waals surface area (Å²) in [5.41, 5.74) is 0. The molecular formula is C18H30IN16NaO9V. The molecular weight excluding hydrogens is 785 g/mol. The van der Waals surface area contributed by atoms with Gasteiger partial charge in [0.1, 0.15) is 0 Å². The fourth-order valence-electron chi connectivity index (χ4n) is 1.97. The van der Waals surface area contributed by atoms with E-state index in [1.165, 1.54) is 16.5 Å². The van der Waals surface area contributed by atoms with Crippen LogP contribution in [0.15, 0.2) is 0 Å². The Hall–Kier alpha value is -3.57. The van der Waals surface area contributed by atoms with Gasteiger partial charge >= 0.3 is 53.4 Å². The summed E-state index contributed by atoms with van der Waals surface area (Å²) in [5.74, 6) is -2.97. The molecule has 0 saturated heterocycles. The number of ether oxygens (including phenoxy) is 3. The number of aromatic carboxylic acids is 1. The fourth-order valence-corrected chi connectivity index (χ4v) is 1.97. The van der Waals surface area contributed by atoms with Gasteiger partial charge in [0.25, 0.3) is 23.3 Å². The molecule has 0 atom stereocenters. The number of carboxylic acid groups (broad SMARTS) is 1. The van der Waals surface area contributed by atoms with Crippen LogP contribution < -0.4 is 29.6 Å². The molecule has 4 aromatic rings. The van der Waals surface area contributed by atoms with Crippen LogP contribution in [0.2, 0.25) is 0 Å². The maximum Gasteiger partial charge on any atom is 1.00 e. The number of nitrogens with zero attached hydrogens (tertiary/aromatic N) is 15. The summed E-state index contributed by atoms with van der Waals surface area (Å²) in [4.78, 5) is 46.8. The van der Waals surface area contributed by atoms with Crippen LogP contribution in [0.3, 0.4) is 0 Å². The van der Waals surface area contributed by atoms with E-state index < -0.39 is 23.9 Å². The van der Waals surface area contributed by atoms with Crippen molar-refractivity contribution in [2.45, 2.75) is 20.8 Å². The van der Waals surface area contributed by atoms with Gasteiger partial charge in [0.15, 0.2) is 0 Å². The number of aromatic amines is 1. The summed E-state index contributed by atoms with van der Waals surface area (Å²) in [7, 11) is 4.65. The number of esters is 3. The van der Waals surface area contributed by atoms with E-state index in [1.54, 1.807) is 34.9 Å². The zero-order valence-corrected chi connectivity index (χ0v) is 31.5. The molecule has 3 N–H and O–H groups in total. The van der Waals surface area contributed by atoms with Crippen LogP contribution in [0.4, 0.5) is 0 Å². The fraction of sp³-hybridized carbons (Fsp3) is 0.556. The third-order valence-corrected chi connectivity index (χ3v) is 3.55. The molecule has 0 saturated carbocycles. The van der Waals surface area contributed by atoms with Crippen LogP contribution in [0.1, 0.15) is 63.2 Å². The number of carbonyl (C=O) groups is 4. The minimum Gasteiger partial charge on any atom is -0.870 e. The van der Waals surface area contributed by atoms with Gasteiger partial charge in [0.05, 0.1) is 33.9 Å². The maximum absolute atomic E-state index is 10.9. The standard InChI is InChI=1S/2C5H8N4O2.C4H6N4O2.C3H4N4O2.CH3I.Na.H2O.V/c1-3-11-5(10)4-6-7-8-9(4)2;1-3-11-5(10)4-6-8-9(2)7-4;1-2-10-4(9)3-5-7-8-6-3;1-7-5-2(3(8)9)4-6-7;1-2;;;/h2*3H2,1-2H3;2H2,1H3,(H,5,6,7,8);1H3,(H,8,9);1H3;;1H2;/q;;;;;+1;;/p-1. The summed E-state index contributed by atoms with van der Waals surface area (Å²) in [5, 5.41) is 51.1. The Balaban J connectivity index is -0.000000246. The second-order valence-electron chi connectivity index (χ2n) is 6.53. The van der Waals surface area contributed by atoms with Crippen LogP contribution in [0.25, 0.3) is 0 Å². The van der Waals surface area contributed by atoms with Gasteiger partial charge in [-0.1, -0.05) is 22.6 Å². The van der Waals surface area contributed by atoms with Crippen molar-refractivity contribution < 1.29 is 92.1 Å². The number of rotatable bonds is 7. The first-order valence-corrected chi connectivity index (χ1v) is 13.8. The molecule has 0 aliphatic carbocycles. The second kappa shape index (κ2) is 28.9. The monoisotopic (exact) mass is 815 g/mol. The average Bonchev–Trinajstić information content (AvgIpc) is 3.80. The number of hydrogen-bond acceptors (Lipinski definition) is 20. The number of nitrogens with one attached hydrogen (secondary N) is 1. The van der Waals surface area contributed by atoms with Crippen molar-refractivity contribution in [2.75, 3.05) is 24.8 Å². The number of alkyl halides is 1. The van der Waals surface area contributed by atoms with Crippen LogP contribution in [0.5, 0.6) is 0 Å². The van der Waals surface area contributed by atoms with Gasteiger partial charge in [-0.3, -0.25) is 0 Å². The third kappa shape index (κ3) is 19.7. The predicted octanol–water partition coefficient (Wildman–Crippen LogP) is -5.07. The van der Waals surface area contributed by atoms with Gasteiger partial charge in [0.2, 0.25) is 0 Å². The van der Waals surface area contributed by atoms with E-state index in [1.807, 2.05) is 4.93 Å². The smallest absolute Gasteiger partial charge is 0.870 e. The summed E-state index contributed by atoms with van der Waals surface area (Å²) < 4.78 is 15.1. The number of carboxylic acids is 1. The van der Waals surface area contributed by atoms with Crippen LogP contribution >= 0.6 is 22.6 Å². The first-order valence-electron chi connectivity index (χ1n) is 11.6. The molecule has 0 bridgehead atoms. The van der Waals surface area contributed by atoms with E-state index in [0.29, 0.717) is 19.8 Å². The molecule has 249 valence electrons. The quantitative estimate of drug-likeness (QED) is 0.0579. The largest absolute Gasteiger partial charge is 1.00 e. The predicted molar refractivity (Wildman–Crippen MR) is 147 cm³/mol. The first kappa shape index (κ1) is 49.3. The maximum atomic E-state index is 10.9. The zero-order chi connectivity index (χ0) is 32.8. The molecule has 25 nitrogen and oxygen atoms in total. The Bertz CT molecular complexity index is 1390. The molecule has 28 heteroatoms. The Morgan fingerprint density at radius 1 is 0.739 bits per heavy atom. The third-order valence-electron chi connectivity index (χ3n) is 3.55. The molecule has 0 unspecified atom stereocenters. The molecule has 0 aliphatic rings. The molecule has 4 aromatic heterocycles. The van der Waals surface area contributed by atoms with Gasteiger partial charge in [-0.15, -0.1) is 35.7 Å². The Labute approximate surface area is 307 Å². The number of halogens is 1. The van der Waals surface area contributed by atoms with Crippen molar-refractivity contribution in [3.63, 3.8) is 0 Å². The van der Waals surface area contributed by atoms with Crippen LogP contribution in [-0.4, -0.2) is 140 Å². The van der Waals surface area contributed by atoms with Gasteiger partial charge < -0.3 is 24.8 Å². The molecule has 0 aromatic carbocycles. The van der Waals surface area contributed by atoms with E-state index in [9.17, 15) is 19.2 Å². The van der Waals surface area contributed by atoms with E-state index >= 15 is 0 Å². The van der Waals surface area contributed by atoms with Crippen molar-refractivity contribution in [2.24, 2.45) is 21.1 Å². The van der Waals surface area contributed by atoms with Gasteiger partial charge in [-0.05, 0) is 51.8 Å². The number of H-pyrrole nitrogens is 1. The molecule has 0 fully saturated rings. The molecule has 4 rings (SSSR count). The van der Waals surface area contributed by atoms with E-state index in [4.69, 9.17) is 5.11 Å². The van der Waals surface area contributed by atoms with Crippen molar-refractivity contribution in [3.05, 3.63) is 23.3 Å². The Morgan fingerprint density at radius 2 is 1.20 bits per heavy atom. The molecule has 0 spiro atoms. The van der Waals surface area contributed by atoms with Gasteiger partial charge in [-0.25, -0.2) is 23.9 Å². The summed E-state index contributed by atoms with van der Waals surface area (Å²) in [6.07, 6.45) is 0. The van der Waals surface area contributed by atoms with E-state index in [-0.39, 0.29) is 76.9 Å². The van der Waals surface area contributed by atoms with Gasteiger partial charge in [-0.2, -0.15) is 14.8 Å². The normalized spacial score (nSPS) is 8.61. The number of hydrogen-bond donors (Lipinski definition) is 2. The molecule has 0 amide bonds. The average molecular weight is 815 g/mol. The topological polar surface area (TPSA) is 331 Å². The van der Waals surface area contributed by atoms with Crippen molar-refractivity contribution in [3.8, 4) is 0 Å². The van der Waals surface area contributed by atoms with E-state index in [2.05, 4.69) is 104 Å². The summed E-state index contributed by atoms with van der Waals surface area (Å²) in [6, 6.07) is 0. The van der Waals surface area contributed by atoms with Crippen LogP contribution in [0, 0.1) is 0 Å². The minimum atomic E-state index is -1.16. The Morgan fingerprint density at radius 3 is 1.52 bits per heavy atom. The van der Waals surface area contributed by atoms with Crippen molar-refractivity contribution in [1.29, 1.82) is 0 Å². The SMILES string of the molecule is CCOC(=O)c1nn[nH]n1.CCOC(=O)c1nnn(C)n1.CCOC(=O)c1nnnn1C.CI.Cn1nnc(C(=O)O)n1.[Na+].[OH-].[V]. The van der Waals surface area contributed by atoms with Gasteiger partial charge in [0, 0.05) is 25.6 Å². The molecule has 1 radical (unpaired) electrons. The molecule has 0 aliphatic heterocycles. The Kier molecular flexibility index (Phi) is 31.0. The number of carbonyl (C=O) groups excluding carboxylic acids is 3. The van der Waals surface area contributed by atoms with Crippen molar-refractivity contribution >= 4 is 46.5 Å². The zero-order valence-electron chi connectivity index (χ0n) is 25.9. The first-order chi connectivity index (χ1) is 20.5. The van der Waals surface area contributed by atoms with Crippen molar-refractivity contribution in [1.82, 2.24) is 81.2 Å². The second-order valence-corrected chi connectivity index (χ2v) is 6.53. The summed E-state index contributed by atoms with van der Waals surface area (Å²) >= 11 is 2.15. The molecule has 4 heterocycles. The number of aromatic nitrogens is 16.